The molecule has 1 aromatic heterocycles. The number of carbonyl (C=O) groups is 6. The van der Waals surface area contributed by atoms with Crippen molar-refractivity contribution in [2.75, 3.05) is 20.7 Å². The van der Waals surface area contributed by atoms with Crippen molar-refractivity contribution < 1.29 is 33.5 Å². The third-order valence-electron chi connectivity index (χ3n) is 8.86. The molecule has 13 nitrogen and oxygen atoms in total. The molecular formula is C32H46N6O7. The molecule has 0 aromatic carbocycles. The Labute approximate surface area is 264 Å². The zero-order chi connectivity index (χ0) is 33.2. The number of ketones is 2. The molecule has 1 saturated heterocycles. The van der Waals surface area contributed by atoms with Crippen LogP contribution in [0.4, 0.5) is 4.79 Å². The van der Waals surface area contributed by atoms with E-state index in [2.05, 4.69) is 26.3 Å². The number of hydrogen-bond donors (Lipinski definition) is 4. The molecule has 2 saturated carbocycles. The summed E-state index contributed by atoms with van der Waals surface area (Å²) in [5.74, 6) is -2.43. The first-order valence-corrected chi connectivity index (χ1v) is 15.6. The highest BCUT2D eigenvalue weighted by atomic mass is 16.5. The van der Waals surface area contributed by atoms with Gasteiger partial charge >= 0.3 is 6.03 Å². The van der Waals surface area contributed by atoms with E-state index in [-0.39, 0.29) is 35.2 Å². The van der Waals surface area contributed by atoms with Gasteiger partial charge in [0.2, 0.25) is 29.3 Å². The molecule has 0 spiro atoms. The number of pyridine rings is 1. The quantitative estimate of drug-likeness (QED) is 0.188. The van der Waals surface area contributed by atoms with Gasteiger partial charge < -0.3 is 30.9 Å². The molecule has 1 aliphatic heterocycles. The van der Waals surface area contributed by atoms with Crippen LogP contribution < -0.4 is 26.0 Å². The number of carbonyl (C=O) groups excluding carboxylic acids is 6. The Kier molecular flexibility index (Phi) is 10.2. The van der Waals surface area contributed by atoms with Gasteiger partial charge in [-0.25, -0.2) is 9.78 Å². The van der Waals surface area contributed by atoms with Gasteiger partial charge in [0.15, 0.2) is 0 Å². The third kappa shape index (κ3) is 7.98. The van der Waals surface area contributed by atoms with Crippen LogP contribution in [0, 0.1) is 29.1 Å². The van der Waals surface area contributed by atoms with E-state index in [0.717, 1.165) is 19.3 Å². The third-order valence-corrected chi connectivity index (χ3v) is 8.86. The molecule has 0 bridgehead atoms. The van der Waals surface area contributed by atoms with E-state index in [4.69, 9.17) is 4.74 Å². The second-order valence-electron chi connectivity index (χ2n) is 13.8. The lowest BCUT2D eigenvalue weighted by Crippen LogP contribution is -2.61. The number of hydrogen-bond acceptors (Lipinski definition) is 8. The van der Waals surface area contributed by atoms with Crippen LogP contribution in [0.2, 0.25) is 0 Å². The molecule has 5 amide bonds. The minimum Gasteiger partial charge on any atom is -0.481 e. The Hall–Kier alpha value is -4.03. The molecule has 1 unspecified atom stereocenters. The molecule has 6 atom stereocenters. The van der Waals surface area contributed by atoms with Gasteiger partial charge in [0.25, 0.3) is 5.91 Å². The SMILES string of the molecule is CNC(=O)C(=O)C(CC1CC1)NC(=O)[C@@H]1[C@H]2C[C@H]2CN1C(=O)[C@@H](NC(=O)N[C@H](C(=O)c1cccc(OC)n1)C(C)C)C(C)(C)C. The van der Waals surface area contributed by atoms with E-state index in [1.54, 1.807) is 52.8 Å². The molecule has 4 N–H and O–H groups in total. The Balaban J connectivity index is 1.48. The summed E-state index contributed by atoms with van der Waals surface area (Å²) in [4.78, 5) is 85.0. The molecule has 3 aliphatic rings. The maximum atomic E-state index is 14.1. The average molecular weight is 627 g/mol. The van der Waals surface area contributed by atoms with E-state index in [1.807, 2.05) is 0 Å². The van der Waals surface area contributed by atoms with Crippen molar-refractivity contribution in [2.24, 2.45) is 29.1 Å². The standard InChI is InChI=1S/C32H46N6O7/c1-16(2)23(25(39)20-9-8-10-22(34-20)45-7)36-31(44)37-27(32(3,4)5)30(43)38-15-18-14-19(18)24(38)28(41)35-21(13-17-11-12-17)26(40)29(42)33-6/h8-10,16-19,21,23-24,27H,11-15H2,1-7H3,(H,33,42)(H,35,41)(H2,36,37,44)/t18-,19-,21?,23-,24-,27+/m0/s1. The van der Waals surface area contributed by atoms with Crippen LogP contribution in [0.25, 0.3) is 0 Å². The number of amides is 5. The monoisotopic (exact) mass is 626 g/mol. The number of piperidine rings is 1. The molecule has 45 heavy (non-hydrogen) atoms. The van der Waals surface area contributed by atoms with E-state index < -0.39 is 64.9 Å². The number of rotatable bonds is 13. The Morgan fingerprint density at radius 3 is 2.31 bits per heavy atom. The van der Waals surface area contributed by atoms with Crippen LogP contribution in [0.3, 0.4) is 0 Å². The van der Waals surface area contributed by atoms with Gasteiger partial charge in [0.1, 0.15) is 17.8 Å². The second-order valence-corrected chi connectivity index (χ2v) is 13.8. The largest absolute Gasteiger partial charge is 0.481 e. The minimum atomic E-state index is -1.03. The van der Waals surface area contributed by atoms with Crippen molar-refractivity contribution in [3.63, 3.8) is 0 Å². The number of nitrogens with one attached hydrogen (secondary N) is 4. The Morgan fingerprint density at radius 2 is 1.73 bits per heavy atom. The van der Waals surface area contributed by atoms with E-state index in [1.165, 1.54) is 19.1 Å². The van der Waals surface area contributed by atoms with Crippen molar-refractivity contribution >= 4 is 35.3 Å². The summed E-state index contributed by atoms with van der Waals surface area (Å²) in [6, 6.07) is 0.348. The second kappa shape index (κ2) is 13.5. The lowest BCUT2D eigenvalue weighted by Gasteiger charge is -2.37. The molecule has 13 heteroatoms. The number of ether oxygens (including phenoxy) is 1. The lowest BCUT2D eigenvalue weighted by molar-refractivity contribution is -0.144. The number of methoxy groups -OCH3 is 1. The Bertz CT molecular complexity index is 1340. The van der Waals surface area contributed by atoms with Crippen LogP contribution in [0.5, 0.6) is 5.88 Å². The molecule has 2 aliphatic carbocycles. The highest BCUT2D eigenvalue weighted by molar-refractivity contribution is 6.38. The number of nitrogens with zero attached hydrogens (tertiary/aromatic N) is 2. The maximum Gasteiger partial charge on any atom is 0.316 e. The fourth-order valence-electron chi connectivity index (χ4n) is 5.97. The van der Waals surface area contributed by atoms with Gasteiger partial charge in [0.05, 0.1) is 19.2 Å². The van der Waals surface area contributed by atoms with Crippen LogP contribution in [0.15, 0.2) is 18.2 Å². The van der Waals surface area contributed by atoms with Gasteiger partial charge in [-0.1, -0.05) is 53.5 Å². The van der Waals surface area contributed by atoms with Gasteiger partial charge in [-0.05, 0) is 48.0 Å². The fourth-order valence-corrected chi connectivity index (χ4v) is 5.97. The molecule has 3 fully saturated rings. The first kappa shape index (κ1) is 33.9. The van der Waals surface area contributed by atoms with Crippen molar-refractivity contribution in [3.05, 3.63) is 23.9 Å². The summed E-state index contributed by atoms with van der Waals surface area (Å²) in [7, 11) is 2.81. The first-order chi connectivity index (χ1) is 21.2. The predicted octanol–water partition coefficient (Wildman–Crippen LogP) is 1.46. The zero-order valence-corrected chi connectivity index (χ0v) is 27.1. The van der Waals surface area contributed by atoms with Gasteiger partial charge in [-0.15, -0.1) is 0 Å². The van der Waals surface area contributed by atoms with Crippen LogP contribution >= 0.6 is 0 Å². The number of fused-ring (bicyclic) bond motifs is 1. The van der Waals surface area contributed by atoms with Crippen molar-refractivity contribution in [3.8, 4) is 5.88 Å². The number of Topliss-reactive ketones (excluding diaryl/α,β-unsaturated/α-hetero) is 2. The van der Waals surface area contributed by atoms with Crippen molar-refractivity contribution in [1.29, 1.82) is 0 Å². The summed E-state index contributed by atoms with van der Waals surface area (Å²) < 4.78 is 5.13. The minimum absolute atomic E-state index is 0.0571. The topological polar surface area (TPSA) is 176 Å². The van der Waals surface area contributed by atoms with Crippen molar-refractivity contribution in [2.45, 2.75) is 84.5 Å². The number of likely N-dealkylation sites (tertiary alicyclic amines) is 1. The summed E-state index contributed by atoms with van der Waals surface area (Å²) in [6.45, 7) is 9.35. The van der Waals surface area contributed by atoms with Gasteiger partial charge in [0, 0.05) is 19.7 Å². The summed E-state index contributed by atoms with van der Waals surface area (Å²) >= 11 is 0. The predicted molar refractivity (Wildman–Crippen MR) is 164 cm³/mol. The molecular weight excluding hydrogens is 580 g/mol. The zero-order valence-electron chi connectivity index (χ0n) is 27.1. The number of aromatic nitrogens is 1. The first-order valence-electron chi connectivity index (χ1n) is 15.6. The normalized spacial score (nSPS) is 22.4. The van der Waals surface area contributed by atoms with Gasteiger partial charge in [-0.3, -0.25) is 24.0 Å². The van der Waals surface area contributed by atoms with Crippen LogP contribution in [-0.2, 0) is 19.2 Å². The summed E-state index contributed by atoms with van der Waals surface area (Å²) in [6.07, 6.45) is 3.03. The average Bonchev–Trinajstić information content (AvgIpc) is 3.94. The summed E-state index contributed by atoms with van der Waals surface area (Å²) in [5, 5.41) is 10.6. The number of likely N-dealkylation sites (N-methyl/N-ethyl adjacent to an activating group) is 1. The lowest BCUT2D eigenvalue weighted by atomic mass is 9.85. The van der Waals surface area contributed by atoms with E-state index in [9.17, 15) is 28.8 Å². The van der Waals surface area contributed by atoms with Crippen LogP contribution in [-0.4, -0.2) is 90.1 Å². The van der Waals surface area contributed by atoms with Crippen molar-refractivity contribution in [1.82, 2.24) is 31.2 Å². The Morgan fingerprint density at radius 1 is 1.04 bits per heavy atom. The molecule has 2 heterocycles. The fraction of sp³-hybridized carbons (Fsp3) is 0.656. The molecule has 4 rings (SSSR count). The van der Waals surface area contributed by atoms with Crippen LogP contribution in [0.1, 0.15) is 70.8 Å². The molecule has 1 aromatic rings. The van der Waals surface area contributed by atoms with E-state index >= 15 is 0 Å². The van der Waals surface area contributed by atoms with Gasteiger partial charge in [-0.2, -0.15) is 0 Å². The molecule has 0 radical (unpaired) electrons. The highest BCUT2D eigenvalue weighted by Gasteiger charge is 2.58. The maximum absolute atomic E-state index is 14.1. The van der Waals surface area contributed by atoms with E-state index in [0.29, 0.717) is 13.0 Å². The smallest absolute Gasteiger partial charge is 0.316 e. The summed E-state index contributed by atoms with van der Waals surface area (Å²) in [5.41, 5.74) is -0.616. The number of urea groups is 1. The molecule has 246 valence electrons. The highest BCUT2D eigenvalue weighted by Crippen LogP contribution is 2.50.